The highest BCUT2D eigenvalue weighted by Gasteiger charge is 2.37. The van der Waals surface area contributed by atoms with Crippen molar-refractivity contribution < 1.29 is 13.2 Å². The molecule has 1 rings (SSSR count). The van der Waals surface area contributed by atoms with Gasteiger partial charge in [0.25, 0.3) is 0 Å². The Hall–Kier alpha value is -0.290. The second-order valence-electron chi connectivity index (χ2n) is 4.98. The molecule has 1 amide bonds. The van der Waals surface area contributed by atoms with E-state index in [4.69, 9.17) is 11.6 Å². The minimum atomic E-state index is -3.09. The van der Waals surface area contributed by atoms with E-state index in [1.807, 2.05) is 13.8 Å². The molecule has 0 bridgehead atoms. The van der Waals surface area contributed by atoms with Crippen LogP contribution in [0.3, 0.4) is 0 Å². The van der Waals surface area contributed by atoms with Gasteiger partial charge in [-0.2, -0.15) is 0 Å². The molecule has 18 heavy (non-hydrogen) atoms. The fourth-order valence-corrected chi connectivity index (χ4v) is 4.89. The predicted octanol–water partition coefficient (Wildman–Crippen LogP) is 1.72. The smallest absolute Gasteiger partial charge is 0.223 e. The predicted molar refractivity (Wildman–Crippen MR) is 73.5 cm³/mol. The molecule has 1 N–H and O–H groups in total. The zero-order chi connectivity index (χ0) is 13.8. The van der Waals surface area contributed by atoms with E-state index in [1.54, 1.807) is 0 Å². The van der Waals surface area contributed by atoms with Crippen LogP contribution < -0.4 is 5.32 Å². The van der Waals surface area contributed by atoms with Gasteiger partial charge in [-0.25, -0.2) is 8.42 Å². The van der Waals surface area contributed by atoms with E-state index >= 15 is 0 Å². The van der Waals surface area contributed by atoms with Crippen molar-refractivity contribution in [2.75, 3.05) is 11.5 Å². The third-order valence-corrected chi connectivity index (χ3v) is 5.63. The number of rotatable bonds is 6. The van der Waals surface area contributed by atoms with E-state index in [9.17, 15) is 13.2 Å². The number of halogens is 1. The zero-order valence-electron chi connectivity index (χ0n) is 11.0. The average Bonchev–Trinajstić information content (AvgIpc) is 2.51. The van der Waals surface area contributed by atoms with Crippen LogP contribution in [0.2, 0.25) is 0 Å². The maximum atomic E-state index is 12.1. The monoisotopic (exact) mass is 295 g/mol. The molecule has 6 heteroatoms. The van der Waals surface area contributed by atoms with E-state index < -0.39 is 21.3 Å². The molecule has 0 aromatic rings. The fraction of sp³-hybridized carbons (Fsp3) is 0.917. The average molecular weight is 296 g/mol. The number of sulfone groups is 1. The first kappa shape index (κ1) is 15.8. The van der Waals surface area contributed by atoms with Gasteiger partial charge in [-0.15, -0.1) is 11.6 Å². The van der Waals surface area contributed by atoms with Crippen LogP contribution in [0.25, 0.3) is 0 Å². The van der Waals surface area contributed by atoms with Crippen molar-refractivity contribution in [2.24, 2.45) is 5.92 Å². The number of hydrogen-bond donors (Lipinski definition) is 1. The highest BCUT2D eigenvalue weighted by atomic mass is 35.5. The summed E-state index contributed by atoms with van der Waals surface area (Å²) in [4.78, 5) is 12.1. The number of carbonyl (C=O) groups is 1. The first-order valence-corrected chi connectivity index (χ1v) is 8.80. The van der Waals surface area contributed by atoms with Crippen molar-refractivity contribution >= 4 is 27.3 Å². The molecule has 1 saturated heterocycles. The van der Waals surface area contributed by atoms with Gasteiger partial charge >= 0.3 is 0 Å². The largest absolute Gasteiger partial charge is 0.351 e. The Bertz CT molecular complexity index is 377. The normalized spacial score (nSPS) is 26.4. The number of carbonyl (C=O) groups excluding carboxylic acids is 1. The second-order valence-corrected chi connectivity index (χ2v) is 7.70. The molecule has 0 radical (unpaired) electrons. The first-order valence-electron chi connectivity index (χ1n) is 6.54. The molecule has 1 aliphatic heterocycles. The summed E-state index contributed by atoms with van der Waals surface area (Å²) in [7, 11) is -3.09. The minimum Gasteiger partial charge on any atom is -0.351 e. The number of amides is 1. The van der Waals surface area contributed by atoms with Crippen molar-refractivity contribution in [3.63, 3.8) is 0 Å². The molecule has 1 heterocycles. The van der Waals surface area contributed by atoms with Gasteiger partial charge in [0.05, 0.1) is 22.9 Å². The van der Waals surface area contributed by atoms with E-state index in [0.29, 0.717) is 0 Å². The lowest BCUT2D eigenvalue weighted by Gasteiger charge is -2.20. The molecular formula is C12H22ClNO3S. The molecule has 2 unspecified atom stereocenters. The lowest BCUT2D eigenvalue weighted by molar-refractivity contribution is -0.126. The molecule has 4 nitrogen and oxygen atoms in total. The van der Waals surface area contributed by atoms with Gasteiger partial charge < -0.3 is 5.32 Å². The Kier molecular flexibility index (Phi) is 5.92. The summed E-state index contributed by atoms with van der Waals surface area (Å²) in [5.41, 5.74) is 0. The van der Waals surface area contributed by atoms with Crippen LogP contribution in [0.15, 0.2) is 0 Å². The highest BCUT2D eigenvalue weighted by Crippen LogP contribution is 2.20. The Balaban J connectivity index is 2.58. The third kappa shape index (κ3) is 4.43. The molecule has 0 aliphatic carbocycles. The quantitative estimate of drug-likeness (QED) is 0.759. The Morgan fingerprint density at radius 1 is 1.28 bits per heavy atom. The van der Waals surface area contributed by atoms with Crippen molar-refractivity contribution in [3.8, 4) is 0 Å². The molecule has 106 valence electrons. The van der Waals surface area contributed by atoms with E-state index in [2.05, 4.69) is 5.32 Å². The summed E-state index contributed by atoms with van der Waals surface area (Å²) in [6, 6.07) is -0.430. The van der Waals surface area contributed by atoms with Crippen LogP contribution in [0.4, 0.5) is 0 Å². The highest BCUT2D eigenvalue weighted by molar-refractivity contribution is 7.91. The van der Waals surface area contributed by atoms with Crippen molar-refractivity contribution in [1.29, 1.82) is 0 Å². The van der Waals surface area contributed by atoms with Crippen LogP contribution in [-0.4, -0.2) is 37.2 Å². The van der Waals surface area contributed by atoms with E-state index in [-0.39, 0.29) is 23.3 Å². The minimum absolute atomic E-state index is 0.0211. The lowest BCUT2D eigenvalue weighted by atomic mass is 9.97. The summed E-state index contributed by atoms with van der Waals surface area (Å²) in [6.07, 6.45) is 3.58. The van der Waals surface area contributed by atoms with Gasteiger partial charge in [0.15, 0.2) is 9.84 Å². The third-order valence-electron chi connectivity index (χ3n) is 3.26. The Morgan fingerprint density at radius 2 is 1.83 bits per heavy atom. The lowest BCUT2D eigenvalue weighted by Crippen LogP contribution is -2.43. The molecule has 1 aliphatic rings. The van der Waals surface area contributed by atoms with Gasteiger partial charge in [0.1, 0.15) is 0 Å². The van der Waals surface area contributed by atoms with Crippen molar-refractivity contribution in [1.82, 2.24) is 5.32 Å². The summed E-state index contributed by atoms with van der Waals surface area (Å²) in [5.74, 6) is -0.137. The van der Waals surface area contributed by atoms with Crippen LogP contribution >= 0.6 is 11.6 Å². The van der Waals surface area contributed by atoms with Crippen LogP contribution in [0, 0.1) is 5.92 Å². The Morgan fingerprint density at radius 3 is 2.22 bits per heavy atom. The first-order chi connectivity index (χ1) is 8.39. The molecule has 2 atom stereocenters. The SMILES string of the molecule is CCCC(CCC)C(=O)NC1CS(=O)(=O)CC1Cl. The topological polar surface area (TPSA) is 63.2 Å². The van der Waals surface area contributed by atoms with Gasteiger partial charge in [-0.05, 0) is 12.8 Å². The number of nitrogens with one attached hydrogen (secondary N) is 1. The standard InChI is InChI=1S/C12H22ClNO3S/c1-3-5-9(6-4-2)12(15)14-11-8-18(16,17)7-10(11)13/h9-11H,3-8H2,1-2H3,(H,14,15). The van der Waals surface area contributed by atoms with E-state index in [0.717, 1.165) is 25.7 Å². The number of hydrogen-bond acceptors (Lipinski definition) is 3. The van der Waals surface area contributed by atoms with Crippen molar-refractivity contribution in [2.45, 2.75) is 50.9 Å². The number of alkyl halides is 1. The van der Waals surface area contributed by atoms with Gasteiger partial charge in [-0.1, -0.05) is 26.7 Å². The maximum absolute atomic E-state index is 12.1. The van der Waals surface area contributed by atoms with Gasteiger partial charge in [-0.3, -0.25) is 4.79 Å². The molecule has 0 aromatic heterocycles. The summed E-state index contributed by atoms with van der Waals surface area (Å²) in [6.45, 7) is 4.08. The van der Waals surface area contributed by atoms with Crippen LogP contribution in [0.1, 0.15) is 39.5 Å². The zero-order valence-corrected chi connectivity index (χ0v) is 12.6. The molecule has 0 aromatic carbocycles. The van der Waals surface area contributed by atoms with Gasteiger partial charge in [0, 0.05) is 5.92 Å². The second kappa shape index (κ2) is 6.75. The molecular weight excluding hydrogens is 274 g/mol. The van der Waals surface area contributed by atoms with Gasteiger partial charge in [0.2, 0.25) is 5.91 Å². The van der Waals surface area contributed by atoms with Crippen molar-refractivity contribution in [3.05, 3.63) is 0 Å². The fourth-order valence-electron chi connectivity index (χ4n) is 2.34. The van der Waals surface area contributed by atoms with E-state index in [1.165, 1.54) is 0 Å². The summed E-state index contributed by atoms with van der Waals surface area (Å²) in [5, 5.41) is 2.31. The summed E-state index contributed by atoms with van der Waals surface area (Å²) < 4.78 is 22.8. The van der Waals surface area contributed by atoms with Crippen LogP contribution in [0.5, 0.6) is 0 Å². The molecule has 0 saturated carbocycles. The van der Waals surface area contributed by atoms with Crippen LogP contribution in [-0.2, 0) is 14.6 Å². The molecule has 0 spiro atoms. The Labute approximate surface area is 114 Å². The molecule has 1 fully saturated rings. The summed E-state index contributed by atoms with van der Waals surface area (Å²) >= 11 is 5.97. The maximum Gasteiger partial charge on any atom is 0.223 e.